The van der Waals surface area contributed by atoms with E-state index < -0.39 is 0 Å². The van der Waals surface area contributed by atoms with Gasteiger partial charge in [-0.05, 0) is 56.3 Å². The number of benzene rings is 2. The van der Waals surface area contributed by atoms with Gasteiger partial charge in [0.1, 0.15) is 5.75 Å². The molecule has 0 aliphatic rings. The lowest BCUT2D eigenvalue weighted by Crippen LogP contribution is -2.33. The van der Waals surface area contributed by atoms with Crippen molar-refractivity contribution in [2.24, 2.45) is 0 Å². The van der Waals surface area contributed by atoms with Gasteiger partial charge in [0.2, 0.25) is 5.91 Å². The monoisotopic (exact) mass is 349 g/mol. The maximum Gasteiger partial charge on any atom is 0.243 e. The summed E-state index contributed by atoms with van der Waals surface area (Å²) in [7, 11) is 0. The van der Waals surface area contributed by atoms with Gasteiger partial charge in [0.05, 0.1) is 24.3 Å². The number of amides is 1. The van der Waals surface area contributed by atoms with Gasteiger partial charge in [-0.25, -0.2) is 0 Å². The average Bonchev–Trinajstić information content (AvgIpc) is 2.62. The predicted octanol–water partition coefficient (Wildman–Crippen LogP) is 3.98. The Morgan fingerprint density at radius 2 is 2.04 bits per heavy atom. The van der Waals surface area contributed by atoms with Gasteiger partial charge >= 0.3 is 0 Å². The fourth-order valence-corrected chi connectivity index (χ4v) is 2.45. The second-order valence-electron chi connectivity index (χ2n) is 6.07. The maximum absolute atomic E-state index is 12.4. The molecule has 0 unspecified atom stereocenters. The molecule has 0 aromatic heterocycles. The fourth-order valence-electron chi connectivity index (χ4n) is 2.45. The molecule has 26 heavy (non-hydrogen) atoms. The van der Waals surface area contributed by atoms with Crippen molar-refractivity contribution in [1.29, 1.82) is 5.26 Å². The SMILES string of the molecule is C=CCN(CC(=O)Nc1ccc(OC(C)C)cc1)c1cccc(C#N)c1. The van der Waals surface area contributed by atoms with Crippen molar-refractivity contribution in [2.75, 3.05) is 23.3 Å². The van der Waals surface area contributed by atoms with E-state index >= 15 is 0 Å². The number of hydrogen-bond acceptors (Lipinski definition) is 4. The number of nitrogens with zero attached hydrogens (tertiary/aromatic N) is 2. The Morgan fingerprint density at radius 3 is 2.65 bits per heavy atom. The number of ether oxygens (including phenoxy) is 1. The lowest BCUT2D eigenvalue weighted by Gasteiger charge is -2.23. The summed E-state index contributed by atoms with van der Waals surface area (Å²) in [5.74, 6) is 0.617. The molecule has 5 nitrogen and oxygen atoms in total. The molecule has 0 radical (unpaired) electrons. The highest BCUT2D eigenvalue weighted by Crippen LogP contribution is 2.18. The van der Waals surface area contributed by atoms with Crippen molar-refractivity contribution >= 4 is 17.3 Å². The molecule has 1 N–H and O–H groups in total. The molecular formula is C21H23N3O2. The summed E-state index contributed by atoms with van der Waals surface area (Å²) in [6.45, 7) is 8.33. The van der Waals surface area contributed by atoms with Crippen molar-refractivity contribution in [3.63, 3.8) is 0 Å². The molecule has 2 aromatic rings. The standard InChI is InChI=1S/C21H23N3O2/c1-4-12-24(19-7-5-6-17(13-19)14-22)15-21(25)23-18-8-10-20(11-9-18)26-16(2)3/h4-11,13,16H,1,12,15H2,2-3H3,(H,23,25). The van der Waals surface area contributed by atoms with Crippen LogP contribution in [0.25, 0.3) is 0 Å². The Bertz CT molecular complexity index is 792. The zero-order valence-corrected chi connectivity index (χ0v) is 15.1. The summed E-state index contributed by atoms with van der Waals surface area (Å²) in [4.78, 5) is 14.3. The van der Waals surface area contributed by atoms with Gasteiger partial charge in [0, 0.05) is 17.9 Å². The number of carbonyl (C=O) groups is 1. The Kier molecular flexibility index (Phi) is 6.81. The third kappa shape index (κ3) is 5.67. The van der Waals surface area contributed by atoms with E-state index in [1.54, 1.807) is 24.3 Å². The number of rotatable bonds is 8. The highest BCUT2D eigenvalue weighted by Gasteiger charge is 2.11. The van der Waals surface area contributed by atoms with Crippen LogP contribution in [0, 0.1) is 11.3 Å². The molecule has 0 saturated carbocycles. The van der Waals surface area contributed by atoms with Crippen molar-refractivity contribution in [1.82, 2.24) is 0 Å². The van der Waals surface area contributed by atoms with Gasteiger partial charge in [0.15, 0.2) is 0 Å². The van der Waals surface area contributed by atoms with Crippen LogP contribution in [0.2, 0.25) is 0 Å². The normalized spacial score (nSPS) is 10.1. The molecule has 0 aliphatic carbocycles. The first kappa shape index (κ1) is 19.1. The first-order chi connectivity index (χ1) is 12.5. The van der Waals surface area contributed by atoms with Crippen molar-refractivity contribution in [3.05, 3.63) is 66.7 Å². The van der Waals surface area contributed by atoms with Crippen molar-refractivity contribution in [3.8, 4) is 11.8 Å². The van der Waals surface area contributed by atoms with Crippen LogP contribution in [0.4, 0.5) is 11.4 Å². The van der Waals surface area contributed by atoms with E-state index in [-0.39, 0.29) is 18.6 Å². The van der Waals surface area contributed by atoms with E-state index in [4.69, 9.17) is 10.00 Å². The van der Waals surface area contributed by atoms with Gasteiger partial charge in [-0.15, -0.1) is 6.58 Å². The van der Waals surface area contributed by atoms with E-state index in [0.29, 0.717) is 17.8 Å². The van der Waals surface area contributed by atoms with Gasteiger partial charge < -0.3 is 15.0 Å². The van der Waals surface area contributed by atoms with Crippen LogP contribution in [0.15, 0.2) is 61.2 Å². The topological polar surface area (TPSA) is 65.4 Å². The average molecular weight is 349 g/mol. The summed E-state index contributed by atoms with van der Waals surface area (Å²) < 4.78 is 5.59. The summed E-state index contributed by atoms with van der Waals surface area (Å²) in [5.41, 5.74) is 2.06. The Labute approximate surface area is 154 Å². The van der Waals surface area contributed by atoms with Gasteiger partial charge in [0.25, 0.3) is 0 Å². The van der Waals surface area contributed by atoms with E-state index in [2.05, 4.69) is 18.0 Å². The number of nitrogens with one attached hydrogen (secondary N) is 1. The van der Waals surface area contributed by atoms with Gasteiger partial charge in [-0.1, -0.05) is 12.1 Å². The first-order valence-corrected chi connectivity index (χ1v) is 8.44. The fraction of sp³-hybridized carbons (Fsp3) is 0.238. The van der Waals surface area contributed by atoms with Gasteiger partial charge in [-0.2, -0.15) is 5.26 Å². The zero-order chi connectivity index (χ0) is 18.9. The lowest BCUT2D eigenvalue weighted by molar-refractivity contribution is -0.115. The molecule has 0 spiro atoms. The summed E-state index contributed by atoms with van der Waals surface area (Å²) in [6.07, 6.45) is 1.83. The largest absolute Gasteiger partial charge is 0.491 e. The summed E-state index contributed by atoms with van der Waals surface area (Å²) in [5, 5.41) is 11.9. The van der Waals surface area contributed by atoms with Crippen LogP contribution < -0.4 is 15.0 Å². The van der Waals surface area contributed by atoms with Crippen LogP contribution in [0.1, 0.15) is 19.4 Å². The Hall–Kier alpha value is -3.26. The molecule has 2 aromatic carbocycles. The predicted molar refractivity (Wildman–Crippen MR) is 104 cm³/mol. The quantitative estimate of drug-likeness (QED) is 0.732. The van der Waals surface area contributed by atoms with E-state index in [0.717, 1.165) is 11.4 Å². The number of nitriles is 1. The Balaban J connectivity index is 2.03. The van der Waals surface area contributed by atoms with Crippen LogP contribution in [-0.4, -0.2) is 25.1 Å². The number of anilines is 2. The van der Waals surface area contributed by atoms with E-state index in [1.165, 1.54) is 0 Å². The molecule has 134 valence electrons. The highest BCUT2D eigenvalue weighted by molar-refractivity contribution is 5.94. The molecule has 5 heteroatoms. The third-order valence-electron chi connectivity index (χ3n) is 3.53. The zero-order valence-electron chi connectivity index (χ0n) is 15.1. The van der Waals surface area contributed by atoms with E-state index in [9.17, 15) is 4.79 Å². The molecule has 0 atom stereocenters. The molecule has 0 saturated heterocycles. The van der Waals surface area contributed by atoms with Crippen LogP contribution in [-0.2, 0) is 4.79 Å². The minimum Gasteiger partial charge on any atom is -0.491 e. The highest BCUT2D eigenvalue weighted by atomic mass is 16.5. The van der Waals surface area contributed by atoms with Crippen molar-refractivity contribution < 1.29 is 9.53 Å². The maximum atomic E-state index is 12.4. The second kappa shape index (κ2) is 9.28. The molecule has 0 bridgehead atoms. The number of carbonyl (C=O) groups excluding carboxylic acids is 1. The molecule has 0 aliphatic heterocycles. The summed E-state index contributed by atoms with van der Waals surface area (Å²) >= 11 is 0. The second-order valence-corrected chi connectivity index (χ2v) is 6.07. The molecule has 0 fully saturated rings. The summed E-state index contributed by atoms with van der Waals surface area (Å²) in [6, 6.07) is 16.5. The Morgan fingerprint density at radius 1 is 1.31 bits per heavy atom. The van der Waals surface area contributed by atoms with Crippen LogP contribution >= 0.6 is 0 Å². The molecule has 2 rings (SSSR count). The first-order valence-electron chi connectivity index (χ1n) is 8.44. The van der Waals surface area contributed by atoms with Crippen molar-refractivity contribution in [2.45, 2.75) is 20.0 Å². The molecule has 0 heterocycles. The van der Waals surface area contributed by atoms with Crippen LogP contribution in [0.3, 0.4) is 0 Å². The molecular weight excluding hydrogens is 326 g/mol. The molecule has 1 amide bonds. The van der Waals surface area contributed by atoms with E-state index in [1.807, 2.05) is 49.1 Å². The number of hydrogen-bond donors (Lipinski definition) is 1. The minimum absolute atomic E-state index is 0.104. The minimum atomic E-state index is -0.147. The lowest BCUT2D eigenvalue weighted by atomic mass is 10.2. The van der Waals surface area contributed by atoms with Crippen LogP contribution in [0.5, 0.6) is 5.75 Å². The smallest absolute Gasteiger partial charge is 0.243 e. The van der Waals surface area contributed by atoms with Gasteiger partial charge in [-0.3, -0.25) is 4.79 Å². The third-order valence-corrected chi connectivity index (χ3v) is 3.53.